The van der Waals surface area contributed by atoms with Crippen LogP contribution in [0.2, 0.25) is 0 Å². The van der Waals surface area contributed by atoms with Crippen molar-refractivity contribution in [2.75, 3.05) is 11.9 Å². The van der Waals surface area contributed by atoms with Gasteiger partial charge in [-0.25, -0.2) is 0 Å². The predicted molar refractivity (Wildman–Crippen MR) is 90.6 cm³/mol. The van der Waals surface area contributed by atoms with E-state index in [2.05, 4.69) is 26.6 Å². The molecule has 0 saturated heterocycles. The summed E-state index contributed by atoms with van der Waals surface area (Å²) in [5.74, 6) is 0.266. The van der Waals surface area contributed by atoms with E-state index in [1.54, 1.807) is 24.3 Å². The van der Waals surface area contributed by atoms with Crippen LogP contribution in [0.4, 0.5) is 5.69 Å². The first-order chi connectivity index (χ1) is 11.1. The summed E-state index contributed by atoms with van der Waals surface area (Å²) < 4.78 is 6.42. The fourth-order valence-electron chi connectivity index (χ4n) is 2.34. The maximum absolute atomic E-state index is 12.1. The minimum absolute atomic E-state index is 0.186. The molecule has 0 bridgehead atoms. The molecule has 1 heterocycles. The van der Waals surface area contributed by atoms with Gasteiger partial charge in [-0.2, -0.15) is 0 Å². The normalized spacial score (nSPS) is 16.0. The Morgan fingerprint density at radius 2 is 1.91 bits per heavy atom. The number of nitrogens with one attached hydrogen (secondary N) is 2. The second-order valence-electron chi connectivity index (χ2n) is 5.12. The van der Waals surface area contributed by atoms with Gasteiger partial charge in [-0.15, -0.1) is 0 Å². The molecule has 3 rings (SSSR count). The Morgan fingerprint density at radius 1 is 1.17 bits per heavy atom. The number of benzene rings is 2. The van der Waals surface area contributed by atoms with Gasteiger partial charge >= 0.3 is 0 Å². The molecule has 1 unspecified atom stereocenters. The van der Waals surface area contributed by atoms with Crippen LogP contribution < -0.4 is 15.4 Å². The van der Waals surface area contributed by atoms with Crippen molar-refractivity contribution in [3.05, 3.63) is 58.6 Å². The average Bonchev–Trinajstić information content (AvgIpc) is 2.55. The van der Waals surface area contributed by atoms with E-state index in [0.717, 1.165) is 4.47 Å². The summed E-state index contributed by atoms with van der Waals surface area (Å²) in [6.45, 7) is 0.348. The Bertz CT molecular complexity index is 748. The van der Waals surface area contributed by atoms with Crippen molar-refractivity contribution < 1.29 is 14.3 Å². The van der Waals surface area contributed by atoms with E-state index in [0.29, 0.717) is 30.0 Å². The van der Waals surface area contributed by atoms with Gasteiger partial charge in [0, 0.05) is 17.4 Å². The summed E-state index contributed by atoms with van der Waals surface area (Å²) in [4.78, 5) is 24.1. The zero-order valence-electron chi connectivity index (χ0n) is 12.2. The lowest BCUT2D eigenvalue weighted by molar-refractivity contribution is -0.123. The van der Waals surface area contributed by atoms with E-state index >= 15 is 0 Å². The number of hydrogen-bond donors (Lipinski definition) is 2. The van der Waals surface area contributed by atoms with Gasteiger partial charge < -0.3 is 15.4 Å². The standard InChI is InChI=1S/C17H15BrN2O3/c18-12-6-2-1-5-11(12)16(21)19-10-9-15-17(22)20-13-7-3-4-8-14(13)23-15/h1-8,15H,9-10H2,(H,19,21)(H,20,22). The molecule has 118 valence electrons. The van der Waals surface area contributed by atoms with Gasteiger partial charge in [-0.1, -0.05) is 24.3 Å². The fraction of sp³-hybridized carbons (Fsp3) is 0.176. The Morgan fingerprint density at radius 3 is 2.74 bits per heavy atom. The minimum atomic E-state index is -0.607. The molecule has 1 aliphatic heterocycles. The van der Waals surface area contributed by atoms with Crippen molar-refractivity contribution in [1.29, 1.82) is 0 Å². The van der Waals surface area contributed by atoms with Crippen LogP contribution in [0.5, 0.6) is 5.75 Å². The topological polar surface area (TPSA) is 67.4 Å². The lowest BCUT2D eigenvalue weighted by Gasteiger charge is -2.25. The zero-order chi connectivity index (χ0) is 16.2. The van der Waals surface area contributed by atoms with Gasteiger partial charge in [-0.05, 0) is 40.2 Å². The summed E-state index contributed by atoms with van der Waals surface area (Å²) >= 11 is 3.34. The molecule has 5 nitrogen and oxygen atoms in total. The highest BCUT2D eigenvalue weighted by atomic mass is 79.9. The molecule has 0 radical (unpaired) electrons. The summed E-state index contributed by atoms with van der Waals surface area (Å²) in [7, 11) is 0. The third-order valence-electron chi connectivity index (χ3n) is 3.52. The second kappa shape index (κ2) is 6.83. The molecular weight excluding hydrogens is 360 g/mol. The molecule has 23 heavy (non-hydrogen) atoms. The number of halogens is 1. The first kappa shape index (κ1) is 15.6. The van der Waals surface area contributed by atoms with Crippen LogP contribution in [-0.4, -0.2) is 24.5 Å². The lowest BCUT2D eigenvalue weighted by atomic mass is 10.1. The van der Waals surface area contributed by atoms with Crippen molar-refractivity contribution in [2.45, 2.75) is 12.5 Å². The molecular formula is C17H15BrN2O3. The molecule has 0 fully saturated rings. The monoisotopic (exact) mass is 374 g/mol. The van der Waals surface area contributed by atoms with Gasteiger partial charge in [0.1, 0.15) is 5.75 Å². The van der Waals surface area contributed by atoms with Gasteiger partial charge in [-0.3, -0.25) is 9.59 Å². The van der Waals surface area contributed by atoms with Crippen LogP contribution in [0.1, 0.15) is 16.8 Å². The number of amides is 2. The van der Waals surface area contributed by atoms with Gasteiger partial charge in [0.2, 0.25) is 0 Å². The van der Waals surface area contributed by atoms with Gasteiger partial charge in [0.15, 0.2) is 6.10 Å². The molecule has 2 aromatic carbocycles. The molecule has 2 N–H and O–H groups in total. The van der Waals surface area contributed by atoms with Crippen molar-refractivity contribution in [2.24, 2.45) is 0 Å². The minimum Gasteiger partial charge on any atom is -0.478 e. The number of rotatable bonds is 4. The number of carbonyl (C=O) groups is 2. The highest BCUT2D eigenvalue weighted by molar-refractivity contribution is 9.10. The Balaban J connectivity index is 1.56. The molecule has 2 amide bonds. The summed E-state index contributed by atoms with van der Waals surface area (Å²) in [6, 6.07) is 14.5. The third kappa shape index (κ3) is 3.53. The van der Waals surface area contributed by atoms with Crippen LogP contribution in [0, 0.1) is 0 Å². The van der Waals surface area contributed by atoms with Crippen LogP contribution in [0.25, 0.3) is 0 Å². The summed E-state index contributed by atoms with van der Waals surface area (Å²) in [5.41, 5.74) is 1.23. The largest absolute Gasteiger partial charge is 0.478 e. The average molecular weight is 375 g/mol. The maximum atomic E-state index is 12.1. The Labute approximate surface area is 142 Å². The fourth-order valence-corrected chi connectivity index (χ4v) is 2.80. The van der Waals surface area contributed by atoms with Crippen molar-refractivity contribution >= 4 is 33.4 Å². The van der Waals surface area contributed by atoms with Crippen LogP contribution in [-0.2, 0) is 4.79 Å². The van der Waals surface area contributed by atoms with Crippen molar-refractivity contribution in [3.63, 3.8) is 0 Å². The highest BCUT2D eigenvalue weighted by Gasteiger charge is 2.27. The number of ether oxygens (including phenoxy) is 1. The summed E-state index contributed by atoms with van der Waals surface area (Å²) in [6.07, 6.45) is -0.208. The predicted octanol–water partition coefficient (Wildman–Crippen LogP) is 2.97. The number of para-hydroxylation sites is 2. The first-order valence-electron chi connectivity index (χ1n) is 7.24. The van der Waals surface area contributed by atoms with E-state index < -0.39 is 6.10 Å². The van der Waals surface area contributed by atoms with E-state index in [-0.39, 0.29) is 11.8 Å². The molecule has 0 spiro atoms. The van der Waals surface area contributed by atoms with E-state index in [9.17, 15) is 9.59 Å². The van der Waals surface area contributed by atoms with Gasteiger partial charge in [0.25, 0.3) is 11.8 Å². The van der Waals surface area contributed by atoms with Crippen LogP contribution >= 0.6 is 15.9 Å². The summed E-state index contributed by atoms with van der Waals surface area (Å²) in [5, 5.41) is 5.61. The zero-order valence-corrected chi connectivity index (χ0v) is 13.8. The van der Waals surface area contributed by atoms with Gasteiger partial charge in [0.05, 0.1) is 11.3 Å². The number of hydrogen-bond acceptors (Lipinski definition) is 3. The number of fused-ring (bicyclic) bond motifs is 1. The quantitative estimate of drug-likeness (QED) is 0.864. The number of carbonyl (C=O) groups excluding carboxylic acids is 2. The highest BCUT2D eigenvalue weighted by Crippen LogP contribution is 2.29. The Kier molecular flexibility index (Phi) is 4.62. The third-order valence-corrected chi connectivity index (χ3v) is 4.21. The van der Waals surface area contributed by atoms with Crippen LogP contribution in [0.3, 0.4) is 0 Å². The van der Waals surface area contributed by atoms with E-state index in [4.69, 9.17) is 4.74 Å². The lowest BCUT2D eigenvalue weighted by Crippen LogP contribution is -2.39. The molecule has 6 heteroatoms. The first-order valence-corrected chi connectivity index (χ1v) is 8.04. The molecule has 0 aromatic heterocycles. The molecule has 1 atom stereocenters. The second-order valence-corrected chi connectivity index (χ2v) is 5.97. The number of anilines is 1. The molecule has 0 aliphatic carbocycles. The molecule has 0 saturated carbocycles. The Hall–Kier alpha value is -2.34. The molecule has 2 aromatic rings. The van der Waals surface area contributed by atoms with Crippen LogP contribution in [0.15, 0.2) is 53.0 Å². The van der Waals surface area contributed by atoms with E-state index in [1.807, 2.05) is 24.3 Å². The molecule has 1 aliphatic rings. The van der Waals surface area contributed by atoms with Crippen molar-refractivity contribution in [1.82, 2.24) is 5.32 Å². The smallest absolute Gasteiger partial charge is 0.265 e. The van der Waals surface area contributed by atoms with Crippen molar-refractivity contribution in [3.8, 4) is 5.75 Å². The SMILES string of the molecule is O=C(NCCC1Oc2ccccc2NC1=O)c1ccccc1Br. The van der Waals surface area contributed by atoms with E-state index in [1.165, 1.54) is 0 Å². The maximum Gasteiger partial charge on any atom is 0.265 e.